The maximum Gasteiger partial charge on any atom is 0.410 e. The van der Waals surface area contributed by atoms with Gasteiger partial charge in [0.15, 0.2) is 0 Å². The van der Waals surface area contributed by atoms with Crippen molar-refractivity contribution < 1.29 is 14.5 Å². The Labute approximate surface area is 197 Å². The van der Waals surface area contributed by atoms with Crippen LogP contribution < -0.4 is 10.6 Å². The first-order chi connectivity index (χ1) is 15.0. The second kappa shape index (κ2) is 9.94. The molecule has 8 nitrogen and oxygen atoms in total. The first kappa shape index (κ1) is 24.1. The molecule has 2 aromatic carbocycles. The fraction of sp³-hybridized carbons (Fsp3) is 0.409. The summed E-state index contributed by atoms with van der Waals surface area (Å²) in [5.41, 5.74) is 1.22. The van der Waals surface area contributed by atoms with E-state index in [1.807, 2.05) is 20.8 Å². The number of rotatable bonds is 5. The zero-order chi connectivity index (χ0) is 23.5. The monoisotopic (exact) mass is 480 g/mol. The molecule has 1 aliphatic rings. The average Bonchev–Trinajstić information content (AvgIpc) is 2.70. The summed E-state index contributed by atoms with van der Waals surface area (Å²) >= 11 is 12.1. The summed E-state index contributed by atoms with van der Waals surface area (Å²) in [4.78, 5) is 25.6. The van der Waals surface area contributed by atoms with E-state index in [-0.39, 0.29) is 11.7 Å². The molecule has 32 heavy (non-hydrogen) atoms. The van der Waals surface area contributed by atoms with E-state index in [4.69, 9.17) is 27.9 Å². The Bertz CT molecular complexity index is 990. The van der Waals surface area contributed by atoms with Crippen molar-refractivity contribution in [2.45, 2.75) is 39.0 Å². The van der Waals surface area contributed by atoms with Crippen molar-refractivity contribution in [3.63, 3.8) is 0 Å². The topological polar surface area (TPSA) is 96.7 Å². The van der Waals surface area contributed by atoms with Gasteiger partial charge >= 0.3 is 6.09 Å². The second-order valence-corrected chi connectivity index (χ2v) is 9.43. The molecule has 0 saturated carbocycles. The summed E-state index contributed by atoms with van der Waals surface area (Å²) in [5.74, 6) is 0. The van der Waals surface area contributed by atoms with Crippen molar-refractivity contribution in [1.82, 2.24) is 10.2 Å². The summed E-state index contributed by atoms with van der Waals surface area (Å²) in [5, 5.41) is 18.9. The fourth-order valence-electron chi connectivity index (χ4n) is 3.51. The van der Waals surface area contributed by atoms with Crippen LogP contribution in [0.1, 0.15) is 37.9 Å². The van der Waals surface area contributed by atoms with Crippen molar-refractivity contribution in [3.05, 3.63) is 67.7 Å². The number of hydrogen-bond acceptors (Lipinski definition) is 6. The third kappa shape index (κ3) is 6.25. The standard InChI is InChI=1S/C22H26Cl2N4O4/c1-22(2,3)32-21(29)27-7-6-25-13-20(27)15-4-5-19(28(30)31)18(10-15)26-12-14-8-16(23)11-17(24)9-14/h4-5,8-11,20,25-26H,6-7,12-13H2,1-3H3. The van der Waals surface area contributed by atoms with E-state index in [0.717, 1.165) is 11.1 Å². The van der Waals surface area contributed by atoms with Gasteiger partial charge in [-0.05, 0) is 62.2 Å². The van der Waals surface area contributed by atoms with Gasteiger partial charge in [0.25, 0.3) is 5.69 Å². The van der Waals surface area contributed by atoms with Crippen molar-refractivity contribution in [2.24, 2.45) is 0 Å². The number of amides is 1. The van der Waals surface area contributed by atoms with Gasteiger partial charge in [-0.1, -0.05) is 23.2 Å². The maximum absolute atomic E-state index is 12.8. The van der Waals surface area contributed by atoms with Crippen molar-refractivity contribution in [1.29, 1.82) is 0 Å². The minimum Gasteiger partial charge on any atom is -0.444 e. The molecule has 3 rings (SSSR count). The molecule has 0 aromatic heterocycles. The Balaban J connectivity index is 1.87. The smallest absolute Gasteiger partial charge is 0.410 e. The number of nitro groups is 1. The molecule has 1 fully saturated rings. The Morgan fingerprint density at radius 1 is 1.25 bits per heavy atom. The highest BCUT2D eigenvalue weighted by atomic mass is 35.5. The molecule has 1 amide bonds. The largest absolute Gasteiger partial charge is 0.444 e. The number of carbonyl (C=O) groups is 1. The van der Waals surface area contributed by atoms with Crippen LogP contribution in [0.15, 0.2) is 36.4 Å². The van der Waals surface area contributed by atoms with Crippen LogP contribution >= 0.6 is 23.2 Å². The van der Waals surface area contributed by atoms with Gasteiger partial charge < -0.3 is 15.4 Å². The van der Waals surface area contributed by atoms with Crippen molar-refractivity contribution in [2.75, 3.05) is 25.0 Å². The molecule has 1 aliphatic heterocycles. The molecule has 2 N–H and O–H groups in total. The molecule has 2 aromatic rings. The number of hydrogen-bond donors (Lipinski definition) is 2. The van der Waals surface area contributed by atoms with Gasteiger partial charge in [0.1, 0.15) is 11.3 Å². The van der Waals surface area contributed by atoms with Gasteiger partial charge in [-0.15, -0.1) is 0 Å². The Morgan fingerprint density at radius 2 is 1.94 bits per heavy atom. The normalized spacial score (nSPS) is 16.5. The third-order valence-corrected chi connectivity index (χ3v) is 5.32. The Kier molecular flexibility index (Phi) is 7.48. The zero-order valence-electron chi connectivity index (χ0n) is 18.2. The zero-order valence-corrected chi connectivity index (χ0v) is 19.7. The van der Waals surface area contributed by atoms with Crippen LogP contribution in [0.3, 0.4) is 0 Å². The van der Waals surface area contributed by atoms with Gasteiger partial charge in [-0.2, -0.15) is 0 Å². The van der Waals surface area contributed by atoms with Crippen LogP contribution in [-0.2, 0) is 11.3 Å². The number of nitrogens with one attached hydrogen (secondary N) is 2. The lowest BCUT2D eigenvalue weighted by Gasteiger charge is -2.37. The predicted molar refractivity (Wildman–Crippen MR) is 125 cm³/mol. The van der Waals surface area contributed by atoms with E-state index < -0.39 is 16.6 Å². The number of ether oxygens (including phenoxy) is 1. The van der Waals surface area contributed by atoms with E-state index >= 15 is 0 Å². The molecule has 0 aliphatic carbocycles. The molecule has 0 radical (unpaired) electrons. The number of piperazine rings is 1. The summed E-state index contributed by atoms with van der Waals surface area (Å²) in [6, 6.07) is 9.62. The number of nitrogens with zero attached hydrogens (tertiary/aromatic N) is 2. The molecule has 10 heteroatoms. The third-order valence-electron chi connectivity index (χ3n) is 4.88. The number of carbonyl (C=O) groups excluding carboxylic acids is 1. The summed E-state index contributed by atoms with van der Waals surface area (Å²) in [7, 11) is 0. The molecule has 1 heterocycles. The molecule has 1 atom stereocenters. The van der Waals surface area contributed by atoms with E-state index in [0.29, 0.717) is 41.9 Å². The molecular weight excluding hydrogens is 455 g/mol. The second-order valence-electron chi connectivity index (χ2n) is 8.56. The Hall–Kier alpha value is -2.55. The fourth-order valence-corrected chi connectivity index (χ4v) is 4.08. The van der Waals surface area contributed by atoms with E-state index in [2.05, 4.69) is 10.6 Å². The molecule has 0 spiro atoms. The lowest BCUT2D eigenvalue weighted by Crippen LogP contribution is -2.50. The van der Waals surface area contributed by atoms with Gasteiger partial charge in [-0.25, -0.2) is 4.79 Å². The van der Waals surface area contributed by atoms with Crippen molar-refractivity contribution in [3.8, 4) is 0 Å². The number of anilines is 1. The van der Waals surface area contributed by atoms with E-state index in [1.54, 1.807) is 35.2 Å². The van der Waals surface area contributed by atoms with Crippen LogP contribution in [-0.4, -0.2) is 41.2 Å². The highest BCUT2D eigenvalue weighted by Gasteiger charge is 2.32. The molecule has 172 valence electrons. The predicted octanol–water partition coefficient (Wildman–Crippen LogP) is 5.40. The minimum absolute atomic E-state index is 0.0607. The van der Waals surface area contributed by atoms with Crippen LogP contribution in [0.25, 0.3) is 0 Å². The van der Waals surface area contributed by atoms with Gasteiger partial charge in [0, 0.05) is 42.3 Å². The first-order valence-electron chi connectivity index (χ1n) is 10.2. The summed E-state index contributed by atoms with van der Waals surface area (Å²) in [6.45, 7) is 7.38. The first-order valence-corrected chi connectivity index (χ1v) is 11.0. The molecular formula is C22H26Cl2N4O4. The summed E-state index contributed by atoms with van der Waals surface area (Å²) in [6.07, 6.45) is -0.412. The minimum atomic E-state index is -0.618. The SMILES string of the molecule is CC(C)(C)OC(=O)N1CCNCC1c1ccc([N+](=O)[O-])c(NCc2cc(Cl)cc(Cl)c2)c1. The molecule has 0 bridgehead atoms. The van der Waals surface area contributed by atoms with E-state index in [1.165, 1.54) is 6.07 Å². The molecule has 1 unspecified atom stereocenters. The van der Waals surface area contributed by atoms with Crippen molar-refractivity contribution >= 4 is 40.7 Å². The lowest BCUT2D eigenvalue weighted by atomic mass is 10.0. The van der Waals surface area contributed by atoms with Crippen LogP contribution in [0.5, 0.6) is 0 Å². The highest BCUT2D eigenvalue weighted by molar-refractivity contribution is 6.34. The number of halogens is 2. The quantitative estimate of drug-likeness (QED) is 0.439. The summed E-state index contributed by atoms with van der Waals surface area (Å²) < 4.78 is 5.56. The van der Waals surface area contributed by atoms with Gasteiger partial charge in [0.05, 0.1) is 11.0 Å². The van der Waals surface area contributed by atoms with Crippen LogP contribution in [0.2, 0.25) is 10.0 Å². The Morgan fingerprint density at radius 3 is 2.56 bits per heavy atom. The molecule has 1 saturated heterocycles. The van der Waals surface area contributed by atoms with Gasteiger partial charge in [0.2, 0.25) is 0 Å². The van der Waals surface area contributed by atoms with Crippen LogP contribution in [0.4, 0.5) is 16.2 Å². The number of nitro benzene ring substituents is 1. The van der Waals surface area contributed by atoms with E-state index in [9.17, 15) is 14.9 Å². The maximum atomic E-state index is 12.8. The lowest BCUT2D eigenvalue weighted by molar-refractivity contribution is -0.384. The number of benzene rings is 2. The van der Waals surface area contributed by atoms with Gasteiger partial charge in [-0.3, -0.25) is 15.0 Å². The average molecular weight is 481 g/mol. The highest BCUT2D eigenvalue weighted by Crippen LogP contribution is 2.32. The van der Waals surface area contributed by atoms with Crippen LogP contribution in [0, 0.1) is 10.1 Å².